The van der Waals surface area contributed by atoms with E-state index in [1.807, 2.05) is 50.4 Å². The van der Waals surface area contributed by atoms with Crippen molar-refractivity contribution in [2.24, 2.45) is 4.99 Å². The summed E-state index contributed by atoms with van der Waals surface area (Å²) >= 11 is 0. The van der Waals surface area contributed by atoms with Crippen LogP contribution in [0.4, 0.5) is 5.69 Å². The first-order chi connectivity index (χ1) is 12.5. The van der Waals surface area contributed by atoms with Crippen molar-refractivity contribution in [1.29, 1.82) is 10.5 Å². The maximum Gasteiger partial charge on any atom is 0.209 e. The molecule has 1 heterocycles. The van der Waals surface area contributed by atoms with Gasteiger partial charge in [0.15, 0.2) is 6.19 Å². The lowest BCUT2D eigenvalue weighted by Gasteiger charge is -2.36. The van der Waals surface area contributed by atoms with E-state index in [0.29, 0.717) is 23.7 Å². The number of hydrogen-bond donors (Lipinski definition) is 2. The second-order valence-electron chi connectivity index (χ2n) is 6.65. The van der Waals surface area contributed by atoms with Gasteiger partial charge in [0.25, 0.3) is 0 Å². The van der Waals surface area contributed by atoms with Gasteiger partial charge in [0.05, 0.1) is 17.7 Å². The van der Waals surface area contributed by atoms with Gasteiger partial charge in [-0.15, -0.1) is 0 Å². The van der Waals surface area contributed by atoms with Crippen LogP contribution in [0.1, 0.15) is 37.4 Å². The monoisotopic (exact) mass is 345 g/mol. The molecule has 1 aliphatic heterocycles. The quantitative estimate of drug-likeness (QED) is 0.375. The average molecular weight is 345 g/mol. The number of benzene rings is 2. The molecule has 1 atom stereocenters. The van der Waals surface area contributed by atoms with Crippen molar-refractivity contribution in [3.63, 3.8) is 0 Å². The zero-order valence-electron chi connectivity index (χ0n) is 14.7. The third-order valence-electron chi connectivity index (χ3n) is 4.06. The van der Waals surface area contributed by atoms with Crippen LogP contribution in [0.5, 0.6) is 5.75 Å². The summed E-state index contributed by atoms with van der Waals surface area (Å²) in [5.41, 5.74) is 1.82. The number of aliphatic imine (C=N–C) groups is 1. The van der Waals surface area contributed by atoms with E-state index >= 15 is 0 Å². The van der Waals surface area contributed by atoms with Gasteiger partial charge in [-0.2, -0.15) is 10.5 Å². The third-order valence-corrected chi connectivity index (χ3v) is 4.06. The summed E-state index contributed by atoms with van der Waals surface area (Å²) in [6, 6.07) is 16.7. The minimum absolute atomic E-state index is 0.242. The van der Waals surface area contributed by atoms with Crippen LogP contribution in [0.2, 0.25) is 0 Å². The highest BCUT2D eigenvalue weighted by atomic mass is 16.5. The first-order valence-corrected chi connectivity index (χ1v) is 8.29. The number of fused-ring (bicyclic) bond motifs is 1. The first-order valence-electron chi connectivity index (χ1n) is 8.29. The summed E-state index contributed by atoms with van der Waals surface area (Å²) in [6.07, 6.45) is 2.54. The third kappa shape index (κ3) is 3.93. The largest absolute Gasteiger partial charge is 0.487 e. The van der Waals surface area contributed by atoms with Gasteiger partial charge < -0.3 is 10.1 Å². The molecule has 6 heteroatoms. The van der Waals surface area contributed by atoms with Crippen LogP contribution in [-0.4, -0.2) is 11.6 Å². The maximum atomic E-state index is 9.19. The van der Waals surface area contributed by atoms with Gasteiger partial charge in [-0.1, -0.05) is 18.2 Å². The molecule has 0 amide bonds. The number of nitriles is 2. The molecule has 0 saturated carbocycles. The minimum Gasteiger partial charge on any atom is -0.487 e. The molecule has 1 aliphatic rings. The summed E-state index contributed by atoms with van der Waals surface area (Å²) in [4.78, 5) is 4.72. The van der Waals surface area contributed by atoms with Crippen molar-refractivity contribution < 1.29 is 4.74 Å². The van der Waals surface area contributed by atoms with Gasteiger partial charge in [0.2, 0.25) is 5.96 Å². The van der Waals surface area contributed by atoms with Crippen LogP contribution in [0, 0.1) is 22.8 Å². The lowest BCUT2D eigenvalue weighted by molar-refractivity contribution is 0.0732. The number of nitrogens with one attached hydrogen (secondary N) is 2. The fourth-order valence-electron chi connectivity index (χ4n) is 2.96. The van der Waals surface area contributed by atoms with E-state index < -0.39 is 5.60 Å². The van der Waals surface area contributed by atoms with Crippen LogP contribution >= 0.6 is 0 Å². The molecule has 2 N–H and O–H groups in total. The molecule has 0 radical (unpaired) electrons. The second kappa shape index (κ2) is 7.16. The molecule has 2 aromatic carbocycles. The fourth-order valence-corrected chi connectivity index (χ4v) is 2.96. The van der Waals surface area contributed by atoms with E-state index in [0.717, 1.165) is 11.3 Å². The molecule has 0 bridgehead atoms. The van der Waals surface area contributed by atoms with E-state index in [-0.39, 0.29) is 6.04 Å². The molecular formula is C20H19N5O. The summed E-state index contributed by atoms with van der Waals surface area (Å²) in [5, 5.41) is 24.0. The van der Waals surface area contributed by atoms with E-state index in [1.165, 1.54) is 0 Å². The molecule has 0 fully saturated rings. The summed E-state index contributed by atoms with van der Waals surface area (Å²) in [6.45, 7) is 4.00. The molecular weight excluding hydrogens is 326 g/mol. The molecule has 6 nitrogen and oxygen atoms in total. The molecule has 26 heavy (non-hydrogen) atoms. The molecule has 130 valence electrons. The van der Waals surface area contributed by atoms with E-state index in [9.17, 15) is 5.26 Å². The fraction of sp³-hybridized carbons (Fsp3) is 0.250. The minimum atomic E-state index is -0.403. The van der Waals surface area contributed by atoms with Crippen molar-refractivity contribution in [2.75, 3.05) is 5.32 Å². The van der Waals surface area contributed by atoms with Gasteiger partial charge in [-0.05, 0) is 44.2 Å². The van der Waals surface area contributed by atoms with Crippen molar-refractivity contribution >= 4 is 11.6 Å². The zero-order valence-corrected chi connectivity index (χ0v) is 14.7. The summed E-state index contributed by atoms with van der Waals surface area (Å²) < 4.78 is 6.02. The van der Waals surface area contributed by atoms with Gasteiger partial charge in [0, 0.05) is 17.7 Å². The number of anilines is 1. The van der Waals surface area contributed by atoms with Gasteiger partial charge >= 0.3 is 0 Å². The van der Waals surface area contributed by atoms with Crippen LogP contribution < -0.4 is 15.4 Å². The number of ether oxygens (including phenoxy) is 1. The Morgan fingerprint density at radius 1 is 1.19 bits per heavy atom. The van der Waals surface area contributed by atoms with E-state index in [1.54, 1.807) is 18.2 Å². The number of guanidine groups is 1. The van der Waals surface area contributed by atoms with Crippen molar-refractivity contribution in [3.05, 3.63) is 59.7 Å². The van der Waals surface area contributed by atoms with Crippen LogP contribution in [0.3, 0.4) is 0 Å². The number of para-hydroxylation sites is 1. The smallest absolute Gasteiger partial charge is 0.209 e. The maximum absolute atomic E-state index is 9.19. The molecule has 0 aliphatic carbocycles. The van der Waals surface area contributed by atoms with Crippen LogP contribution in [-0.2, 0) is 0 Å². The number of rotatable bonds is 2. The van der Waals surface area contributed by atoms with Gasteiger partial charge in [0.1, 0.15) is 11.4 Å². The Morgan fingerprint density at radius 2 is 1.96 bits per heavy atom. The Balaban J connectivity index is 1.99. The predicted molar refractivity (Wildman–Crippen MR) is 99.5 cm³/mol. The lowest BCUT2D eigenvalue weighted by Crippen LogP contribution is -2.36. The summed E-state index contributed by atoms with van der Waals surface area (Å²) in [5.74, 6) is 1.07. The standard InChI is InChI=1S/C20H19N5O/c1-20(2)11-17(16-10-14(12-21)8-9-18(16)26-20)25-19(23-13-22)24-15-6-4-3-5-7-15/h3-10,17H,11H2,1-2H3,(H2,23,24,25). The second-order valence-corrected chi connectivity index (χ2v) is 6.65. The van der Waals surface area contributed by atoms with Gasteiger partial charge in [-0.25, -0.2) is 4.99 Å². The van der Waals surface area contributed by atoms with Crippen molar-refractivity contribution in [2.45, 2.75) is 31.9 Å². The Hall–Kier alpha value is -3.51. The number of nitrogens with zero attached hydrogens (tertiary/aromatic N) is 3. The van der Waals surface area contributed by atoms with Gasteiger partial charge in [-0.3, -0.25) is 5.32 Å². The average Bonchev–Trinajstić information content (AvgIpc) is 2.61. The zero-order chi connectivity index (χ0) is 18.6. The predicted octanol–water partition coefficient (Wildman–Crippen LogP) is 3.70. The van der Waals surface area contributed by atoms with Crippen molar-refractivity contribution in [3.8, 4) is 18.0 Å². The lowest BCUT2D eigenvalue weighted by atomic mass is 9.89. The highest BCUT2D eigenvalue weighted by Gasteiger charge is 2.34. The topological polar surface area (TPSA) is 93.2 Å². The Morgan fingerprint density at radius 3 is 2.65 bits per heavy atom. The molecule has 0 spiro atoms. The Labute approximate surface area is 152 Å². The van der Waals surface area contributed by atoms with Crippen LogP contribution in [0.25, 0.3) is 0 Å². The molecule has 3 rings (SSSR count). The molecule has 0 saturated heterocycles. The first kappa shape index (κ1) is 17.3. The highest BCUT2D eigenvalue weighted by Crippen LogP contribution is 2.41. The SMILES string of the molecule is CC1(C)CC(N=C(NC#N)Nc2ccccc2)c2cc(C#N)ccc2O1. The van der Waals surface area contributed by atoms with E-state index in [2.05, 4.69) is 16.7 Å². The van der Waals surface area contributed by atoms with Crippen LogP contribution in [0.15, 0.2) is 53.5 Å². The van der Waals surface area contributed by atoms with E-state index in [4.69, 9.17) is 15.0 Å². The Bertz CT molecular complexity index is 906. The molecule has 0 aromatic heterocycles. The van der Waals surface area contributed by atoms with Crippen molar-refractivity contribution in [1.82, 2.24) is 5.32 Å². The summed E-state index contributed by atoms with van der Waals surface area (Å²) in [7, 11) is 0. The Kier molecular flexibility index (Phi) is 4.77. The highest BCUT2D eigenvalue weighted by molar-refractivity contribution is 5.94. The molecule has 2 aromatic rings. The normalized spacial score (nSPS) is 17.8. The molecule has 1 unspecified atom stereocenters. The number of hydrogen-bond acceptors (Lipinski definition) is 4.